The first-order chi connectivity index (χ1) is 17.7. The molecule has 1 N–H and O–H groups in total. The van der Waals surface area contributed by atoms with Crippen molar-refractivity contribution in [3.05, 3.63) is 106 Å². The normalized spacial score (nSPS) is 11.1. The summed E-state index contributed by atoms with van der Waals surface area (Å²) in [7, 11) is 0. The van der Waals surface area contributed by atoms with E-state index in [0.717, 1.165) is 41.7 Å². The third-order valence-electron chi connectivity index (χ3n) is 5.73. The third-order valence-corrected chi connectivity index (χ3v) is 5.73. The number of fused-ring (bicyclic) bond motifs is 1. The molecule has 0 unspecified atom stereocenters. The van der Waals surface area contributed by atoms with Crippen LogP contribution < -0.4 is 10.2 Å². The second-order valence-corrected chi connectivity index (χ2v) is 8.27. The summed E-state index contributed by atoms with van der Waals surface area (Å²) >= 11 is 0. The molecule has 0 saturated carbocycles. The number of ether oxygens (including phenoxy) is 1. The fourth-order valence-corrected chi connectivity index (χ4v) is 3.84. The molecule has 1 radical (unpaired) electrons. The summed E-state index contributed by atoms with van der Waals surface area (Å²) in [6.45, 7) is 0.619. The van der Waals surface area contributed by atoms with Crippen molar-refractivity contribution in [1.29, 1.82) is 0 Å². The maximum Gasteiger partial charge on any atom is 0.239 e. The molecule has 0 aliphatic heterocycles. The van der Waals surface area contributed by atoms with Crippen LogP contribution in [0.1, 0.15) is 29.5 Å². The summed E-state index contributed by atoms with van der Waals surface area (Å²) in [5.41, 5.74) is 3.15. The van der Waals surface area contributed by atoms with Gasteiger partial charge in [0.1, 0.15) is 17.1 Å². The number of halogens is 1. The van der Waals surface area contributed by atoms with Crippen molar-refractivity contribution < 1.29 is 13.5 Å². The number of nitrogens with one attached hydrogen (secondary N) is 1. The van der Waals surface area contributed by atoms with Gasteiger partial charge >= 0.3 is 0 Å². The number of hydrogen-bond acceptors (Lipinski definition) is 6. The summed E-state index contributed by atoms with van der Waals surface area (Å²) in [5, 5.41) is 14.1. The molecule has 5 aromatic rings. The Hall–Kier alpha value is -3.59. The van der Waals surface area contributed by atoms with Gasteiger partial charge in [0, 0.05) is 41.2 Å². The molecule has 2 aromatic heterocycles. The molecule has 0 amide bonds. The molecule has 37 heavy (non-hydrogen) atoms. The van der Waals surface area contributed by atoms with Crippen LogP contribution in [0.15, 0.2) is 82.0 Å². The summed E-state index contributed by atoms with van der Waals surface area (Å²) < 4.78 is 24.8. The van der Waals surface area contributed by atoms with Gasteiger partial charge < -0.3 is 9.15 Å². The van der Waals surface area contributed by atoms with Gasteiger partial charge in [0.05, 0.1) is 12.0 Å². The van der Waals surface area contributed by atoms with Crippen molar-refractivity contribution in [3.8, 4) is 17.3 Å². The molecule has 3 aromatic carbocycles. The minimum Gasteiger partial charge on any atom is -0.494 e. The quantitative estimate of drug-likeness (QED) is 0.166. The molecular weight excluding hydrogens is 482 g/mol. The van der Waals surface area contributed by atoms with E-state index in [1.165, 1.54) is 18.2 Å². The van der Waals surface area contributed by atoms with Crippen molar-refractivity contribution in [1.82, 2.24) is 20.6 Å². The predicted molar refractivity (Wildman–Crippen MR) is 142 cm³/mol. The van der Waals surface area contributed by atoms with E-state index in [-0.39, 0.29) is 52.4 Å². The number of benzene rings is 3. The molecule has 0 aliphatic carbocycles. The molecule has 5 rings (SSSR count). The fourth-order valence-electron chi connectivity index (χ4n) is 3.84. The Kier molecular flexibility index (Phi) is 9.00. The van der Waals surface area contributed by atoms with Gasteiger partial charge in [-0.1, -0.05) is 48.6 Å². The predicted octanol–water partition coefficient (Wildman–Crippen LogP) is 5.30. The van der Waals surface area contributed by atoms with Crippen LogP contribution in [0.5, 0.6) is 5.75 Å². The van der Waals surface area contributed by atoms with E-state index >= 15 is 0 Å². The number of unbranched alkanes of at least 4 members (excludes halogenated alkanes) is 1. The van der Waals surface area contributed by atoms with Crippen molar-refractivity contribution in [3.63, 3.8) is 0 Å². The number of rotatable bonds is 9. The second kappa shape index (κ2) is 12.6. The molecule has 0 bridgehead atoms. The zero-order valence-electron chi connectivity index (χ0n) is 20.4. The van der Waals surface area contributed by atoms with E-state index in [2.05, 4.69) is 20.6 Å². The maximum atomic E-state index is 13.0. The number of aromatic amines is 1. The molecule has 181 valence electrons. The fraction of sp³-hybridized carbons (Fsp3) is 0.143. The molecule has 0 aliphatic rings. The number of nitrogens with zero attached hydrogens (tertiary/aromatic N) is 3. The van der Waals surface area contributed by atoms with Gasteiger partial charge in [-0.3, -0.25) is 4.79 Å². The molecule has 0 spiro atoms. The van der Waals surface area contributed by atoms with Crippen LogP contribution in [0.2, 0.25) is 0 Å². The Morgan fingerprint density at radius 3 is 2.54 bits per heavy atom. The van der Waals surface area contributed by atoms with E-state index in [1.54, 1.807) is 6.07 Å². The van der Waals surface area contributed by atoms with Gasteiger partial charge in [-0.15, -0.1) is 10.2 Å². The summed E-state index contributed by atoms with van der Waals surface area (Å²) in [5.74, 6) is 1.06. The molecule has 9 heteroatoms. The number of para-hydroxylation sites is 1. The summed E-state index contributed by atoms with van der Waals surface area (Å²) in [6.07, 6.45) is 6.64. The van der Waals surface area contributed by atoms with Crippen molar-refractivity contribution in [2.75, 3.05) is 6.61 Å². The minimum absolute atomic E-state index is 0. The van der Waals surface area contributed by atoms with Gasteiger partial charge in [-0.25, -0.2) is 4.39 Å². The van der Waals surface area contributed by atoms with Crippen LogP contribution in [0, 0.1) is 5.82 Å². The Balaban J connectivity index is 0.00000320. The monoisotopic (exact) mass is 505 g/mol. The number of aromatic nitrogens is 4. The van der Waals surface area contributed by atoms with Gasteiger partial charge in [0.2, 0.25) is 5.82 Å². The zero-order valence-corrected chi connectivity index (χ0v) is 22.4. The first kappa shape index (κ1) is 26.5. The Bertz CT molecular complexity index is 1530. The zero-order chi connectivity index (χ0) is 24.7. The average Bonchev–Trinajstić information content (AvgIpc) is 3.44. The standard InChI is InChI=1S/C28H23FN4O3.Na/c29-22-13-8-19(9-14-22)4-1-2-17-35-23-15-10-20(11-16-23)7-12-21-5-3-6-24-25(34)18-26(36-27(21)24)28-30-32-33-31-28;/h3,5-16,18H,1-2,4,17H2,(H,30,31,32,33);/b12-7+;. The first-order valence-corrected chi connectivity index (χ1v) is 11.6. The van der Waals surface area contributed by atoms with Crippen LogP contribution in [-0.4, -0.2) is 56.8 Å². The first-order valence-electron chi connectivity index (χ1n) is 11.6. The maximum absolute atomic E-state index is 13.0. The van der Waals surface area contributed by atoms with E-state index in [4.69, 9.17) is 9.15 Å². The van der Waals surface area contributed by atoms with Crippen LogP contribution in [-0.2, 0) is 6.42 Å². The van der Waals surface area contributed by atoms with Gasteiger partial charge in [0.25, 0.3) is 0 Å². The number of tetrazole rings is 1. The van der Waals surface area contributed by atoms with Crippen LogP contribution in [0.3, 0.4) is 0 Å². The van der Waals surface area contributed by atoms with E-state index in [9.17, 15) is 9.18 Å². The van der Waals surface area contributed by atoms with E-state index < -0.39 is 0 Å². The summed E-state index contributed by atoms with van der Waals surface area (Å²) in [6, 6.07) is 21.2. The molecule has 0 saturated heterocycles. The van der Waals surface area contributed by atoms with Gasteiger partial charge in [-0.2, -0.15) is 5.21 Å². The van der Waals surface area contributed by atoms with Crippen molar-refractivity contribution in [2.45, 2.75) is 19.3 Å². The molecule has 0 atom stereocenters. The number of aryl methyl sites for hydroxylation is 1. The largest absolute Gasteiger partial charge is 0.494 e. The number of H-pyrrole nitrogens is 1. The van der Waals surface area contributed by atoms with Crippen molar-refractivity contribution in [2.24, 2.45) is 0 Å². The molecular formula is C28H23FN4NaO3. The van der Waals surface area contributed by atoms with Crippen LogP contribution in [0.25, 0.3) is 34.7 Å². The van der Waals surface area contributed by atoms with Gasteiger partial charge in [0.15, 0.2) is 11.2 Å². The topological polar surface area (TPSA) is 93.9 Å². The SMILES string of the molecule is O=c1cc(-c2nn[nH]n2)oc2c(/C=C/c3ccc(OCCCCc4ccc(F)cc4)cc3)cccc12.[Na]. The Morgan fingerprint density at radius 1 is 0.973 bits per heavy atom. The number of hydrogen-bond donors (Lipinski definition) is 1. The second-order valence-electron chi connectivity index (χ2n) is 8.27. The van der Waals surface area contributed by atoms with Crippen molar-refractivity contribution >= 4 is 52.7 Å². The molecule has 0 fully saturated rings. The average molecular weight is 506 g/mol. The molecule has 7 nitrogen and oxygen atoms in total. The summed E-state index contributed by atoms with van der Waals surface area (Å²) in [4.78, 5) is 12.6. The minimum atomic E-state index is -0.210. The smallest absolute Gasteiger partial charge is 0.239 e. The van der Waals surface area contributed by atoms with E-state index in [0.29, 0.717) is 17.6 Å². The van der Waals surface area contributed by atoms with Crippen LogP contribution in [0.4, 0.5) is 4.39 Å². The Morgan fingerprint density at radius 2 is 1.78 bits per heavy atom. The van der Waals surface area contributed by atoms with Crippen LogP contribution >= 0.6 is 0 Å². The van der Waals surface area contributed by atoms with E-state index in [1.807, 2.05) is 60.7 Å². The third kappa shape index (κ3) is 6.80. The molecule has 2 heterocycles. The van der Waals surface area contributed by atoms with Gasteiger partial charge in [-0.05, 0) is 65.9 Å². The Labute approximate surface area is 234 Å².